The minimum absolute atomic E-state index is 0.0276. The first-order valence-corrected chi connectivity index (χ1v) is 9.12. The predicted molar refractivity (Wildman–Crippen MR) is 98.0 cm³/mol. The Bertz CT molecular complexity index is 567. The number of nitrogens with zero attached hydrogens (tertiary/aromatic N) is 2. The van der Waals surface area contributed by atoms with E-state index in [9.17, 15) is 9.59 Å². The summed E-state index contributed by atoms with van der Waals surface area (Å²) < 4.78 is 5.44. The van der Waals surface area contributed by atoms with Crippen LogP contribution in [0.5, 0.6) is 5.75 Å². The number of rotatable bonds is 6. The first-order chi connectivity index (χ1) is 12.0. The quantitative estimate of drug-likeness (QED) is 0.841. The van der Waals surface area contributed by atoms with Crippen LogP contribution in [0.4, 0.5) is 4.79 Å². The van der Waals surface area contributed by atoms with Gasteiger partial charge in [0, 0.05) is 37.2 Å². The van der Waals surface area contributed by atoms with Crippen LogP contribution in [0.1, 0.15) is 26.7 Å². The van der Waals surface area contributed by atoms with Crippen molar-refractivity contribution < 1.29 is 14.3 Å². The molecule has 25 heavy (non-hydrogen) atoms. The topological polar surface area (TPSA) is 61.9 Å². The zero-order valence-corrected chi connectivity index (χ0v) is 15.6. The van der Waals surface area contributed by atoms with Crippen molar-refractivity contribution in [2.45, 2.75) is 32.7 Å². The summed E-state index contributed by atoms with van der Waals surface area (Å²) in [6.45, 7) is 6.70. The molecule has 1 saturated heterocycles. The Labute approximate surface area is 154 Å². The van der Waals surface area contributed by atoms with Gasteiger partial charge in [-0.2, -0.15) is 0 Å². The van der Waals surface area contributed by atoms with Crippen LogP contribution < -0.4 is 10.1 Å². The van der Waals surface area contributed by atoms with Crippen molar-refractivity contribution in [1.29, 1.82) is 0 Å². The van der Waals surface area contributed by atoms with Crippen LogP contribution in [0.3, 0.4) is 0 Å². The molecule has 0 bridgehead atoms. The van der Waals surface area contributed by atoms with Gasteiger partial charge in [-0.05, 0) is 51.0 Å². The van der Waals surface area contributed by atoms with Gasteiger partial charge < -0.3 is 19.9 Å². The van der Waals surface area contributed by atoms with E-state index in [1.807, 2.05) is 23.6 Å². The molecule has 0 unspecified atom stereocenters. The predicted octanol–water partition coefficient (Wildman–Crippen LogP) is 2.76. The van der Waals surface area contributed by atoms with E-state index in [1.54, 1.807) is 24.3 Å². The molecule has 1 aromatic rings. The number of amides is 3. The zero-order valence-electron chi connectivity index (χ0n) is 14.8. The van der Waals surface area contributed by atoms with Crippen LogP contribution in [-0.2, 0) is 4.79 Å². The number of hydrogen-bond acceptors (Lipinski definition) is 3. The van der Waals surface area contributed by atoms with E-state index in [0.717, 1.165) is 12.8 Å². The second kappa shape index (κ2) is 9.51. The summed E-state index contributed by atoms with van der Waals surface area (Å²) in [6, 6.07) is 7.07. The van der Waals surface area contributed by atoms with E-state index >= 15 is 0 Å². The van der Waals surface area contributed by atoms with Gasteiger partial charge in [-0.3, -0.25) is 4.79 Å². The normalized spacial score (nSPS) is 14.9. The maximum atomic E-state index is 12.3. The lowest BCUT2D eigenvalue weighted by Crippen LogP contribution is -2.51. The third-order valence-electron chi connectivity index (χ3n) is 4.35. The van der Waals surface area contributed by atoms with Crippen LogP contribution in [0.2, 0.25) is 5.02 Å². The number of likely N-dealkylation sites (tertiary alicyclic amines) is 1. The molecule has 0 saturated carbocycles. The summed E-state index contributed by atoms with van der Waals surface area (Å²) in [4.78, 5) is 28.0. The second-order valence-corrected chi connectivity index (χ2v) is 6.46. The zero-order chi connectivity index (χ0) is 18.2. The van der Waals surface area contributed by atoms with E-state index in [-0.39, 0.29) is 24.6 Å². The number of benzene rings is 1. The standard InChI is InChI=1S/C18H26ClN3O3/c1-3-21(4-2)18(24)22-11-9-15(10-12-22)20-17(23)13-25-16-7-5-14(19)6-8-16/h5-8,15H,3-4,9-13H2,1-2H3,(H,20,23). The molecule has 2 rings (SSSR count). The minimum atomic E-state index is -0.150. The Kier molecular flexibility index (Phi) is 7.37. The van der Waals surface area contributed by atoms with E-state index in [4.69, 9.17) is 16.3 Å². The van der Waals surface area contributed by atoms with Gasteiger partial charge in [-0.1, -0.05) is 11.6 Å². The molecule has 1 fully saturated rings. The molecule has 138 valence electrons. The summed E-state index contributed by atoms with van der Waals surface area (Å²) >= 11 is 5.81. The average Bonchev–Trinajstić information content (AvgIpc) is 2.63. The first-order valence-electron chi connectivity index (χ1n) is 8.75. The van der Waals surface area contributed by atoms with Gasteiger partial charge in [-0.25, -0.2) is 4.79 Å². The summed E-state index contributed by atoms with van der Waals surface area (Å²) in [5.74, 6) is 0.461. The van der Waals surface area contributed by atoms with Gasteiger partial charge in [0.15, 0.2) is 6.61 Å². The molecule has 0 aliphatic carbocycles. The van der Waals surface area contributed by atoms with Crippen molar-refractivity contribution in [2.24, 2.45) is 0 Å². The SMILES string of the molecule is CCN(CC)C(=O)N1CCC(NC(=O)COc2ccc(Cl)cc2)CC1. The smallest absolute Gasteiger partial charge is 0.319 e. The van der Waals surface area contributed by atoms with Crippen LogP contribution >= 0.6 is 11.6 Å². The van der Waals surface area contributed by atoms with E-state index in [2.05, 4.69) is 5.32 Å². The Hall–Kier alpha value is -1.95. The summed E-state index contributed by atoms with van der Waals surface area (Å²) in [7, 11) is 0. The number of nitrogens with one attached hydrogen (secondary N) is 1. The van der Waals surface area contributed by atoms with Gasteiger partial charge in [-0.15, -0.1) is 0 Å². The van der Waals surface area contributed by atoms with Crippen molar-refractivity contribution >= 4 is 23.5 Å². The molecular formula is C18H26ClN3O3. The highest BCUT2D eigenvalue weighted by atomic mass is 35.5. The van der Waals surface area contributed by atoms with Crippen molar-refractivity contribution in [3.8, 4) is 5.75 Å². The Morgan fingerprint density at radius 3 is 2.36 bits per heavy atom. The Morgan fingerprint density at radius 2 is 1.80 bits per heavy atom. The number of piperidine rings is 1. The van der Waals surface area contributed by atoms with Crippen LogP contribution in [0.25, 0.3) is 0 Å². The molecule has 0 atom stereocenters. The highest BCUT2D eigenvalue weighted by Gasteiger charge is 2.25. The summed E-state index contributed by atoms with van der Waals surface area (Å²) in [5.41, 5.74) is 0. The van der Waals surface area contributed by atoms with Crippen molar-refractivity contribution in [1.82, 2.24) is 15.1 Å². The van der Waals surface area contributed by atoms with Crippen molar-refractivity contribution in [2.75, 3.05) is 32.8 Å². The minimum Gasteiger partial charge on any atom is -0.484 e. The Balaban J connectivity index is 1.71. The van der Waals surface area contributed by atoms with Crippen LogP contribution in [-0.4, -0.2) is 60.6 Å². The maximum absolute atomic E-state index is 12.3. The highest BCUT2D eigenvalue weighted by molar-refractivity contribution is 6.30. The molecule has 0 aromatic heterocycles. The monoisotopic (exact) mass is 367 g/mol. The van der Waals surface area contributed by atoms with Gasteiger partial charge >= 0.3 is 6.03 Å². The number of carbonyl (C=O) groups is 2. The van der Waals surface area contributed by atoms with Gasteiger partial charge in [0.05, 0.1) is 0 Å². The molecule has 3 amide bonds. The molecule has 0 radical (unpaired) electrons. The number of urea groups is 1. The molecule has 1 heterocycles. The molecular weight excluding hydrogens is 342 g/mol. The van der Waals surface area contributed by atoms with Gasteiger partial charge in [0.1, 0.15) is 5.75 Å². The second-order valence-electron chi connectivity index (χ2n) is 6.03. The van der Waals surface area contributed by atoms with Crippen LogP contribution in [0.15, 0.2) is 24.3 Å². The first kappa shape index (κ1) is 19.4. The fourth-order valence-corrected chi connectivity index (χ4v) is 2.98. The number of hydrogen-bond donors (Lipinski definition) is 1. The van der Waals surface area contributed by atoms with Crippen molar-refractivity contribution in [3.05, 3.63) is 29.3 Å². The number of halogens is 1. The molecule has 7 heteroatoms. The summed E-state index contributed by atoms with van der Waals surface area (Å²) in [5, 5.41) is 3.60. The van der Waals surface area contributed by atoms with Crippen LogP contribution in [0, 0.1) is 0 Å². The molecule has 1 aliphatic heterocycles. The maximum Gasteiger partial charge on any atom is 0.319 e. The molecule has 1 aromatic carbocycles. The fraction of sp³-hybridized carbons (Fsp3) is 0.556. The lowest BCUT2D eigenvalue weighted by atomic mass is 10.1. The average molecular weight is 368 g/mol. The van der Waals surface area contributed by atoms with E-state index in [0.29, 0.717) is 37.0 Å². The van der Waals surface area contributed by atoms with Gasteiger partial charge in [0.2, 0.25) is 0 Å². The van der Waals surface area contributed by atoms with E-state index < -0.39 is 0 Å². The number of ether oxygens (including phenoxy) is 1. The highest BCUT2D eigenvalue weighted by Crippen LogP contribution is 2.16. The third kappa shape index (κ3) is 5.81. The Morgan fingerprint density at radius 1 is 1.20 bits per heavy atom. The molecule has 1 aliphatic rings. The summed E-state index contributed by atoms with van der Waals surface area (Å²) in [6.07, 6.45) is 1.53. The van der Waals surface area contributed by atoms with E-state index in [1.165, 1.54) is 0 Å². The molecule has 6 nitrogen and oxygen atoms in total. The third-order valence-corrected chi connectivity index (χ3v) is 4.60. The fourth-order valence-electron chi connectivity index (χ4n) is 2.86. The van der Waals surface area contributed by atoms with Crippen molar-refractivity contribution in [3.63, 3.8) is 0 Å². The lowest BCUT2D eigenvalue weighted by molar-refractivity contribution is -0.124. The number of carbonyl (C=O) groups excluding carboxylic acids is 2. The van der Waals surface area contributed by atoms with Gasteiger partial charge in [0.25, 0.3) is 5.91 Å². The molecule has 0 spiro atoms. The lowest BCUT2D eigenvalue weighted by Gasteiger charge is -2.35. The molecule has 1 N–H and O–H groups in total. The largest absolute Gasteiger partial charge is 0.484 e.